The van der Waals surface area contributed by atoms with E-state index >= 15 is 0 Å². The minimum Gasteiger partial charge on any atom is -0.380 e. The fourth-order valence-electron chi connectivity index (χ4n) is 1.68. The molecule has 0 aliphatic heterocycles. The Kier molecular flexibility index (Phi) is 9.99. The first-order chi connectivity index (χ1) is 7.56. The van der Waals surface area contributed by atoms with Crippen LogP contribution in [0.5, 0.6) is 0 Å². The molecule has 0 aliphatic rings. The van der Waals surface area contributed by atoms with Crippen molar-refractivity contribution in [3.8, 4) is 0 Å². The van der Waals surface area contributed by atoms with Gasteiger partial charge in [0.1, 0.15) is 0 Å². The standard InChI is InChI=1S/C13H30N2O/c1-12(2)6-8-16-9-7-15(5)11-13(3)10-14-4/h12-14H,6-11H2,1-5H3. The molecule has 0 aromatic carbocycles. The van der Waals surface area contributed by atoms with E-state index in [1.807, 2.05) is 7.05 Å². The van der Waals surface area contributed by atoms with Crippen molar-refractivity contribution in [1.29, 1.82) is 0 Å². The predicted molar refractivity (Wildman–Crippen MR) is 70.9 cm³/mol. The maximum atomic E-state index is 5.60. The SMILES string of the molecule is CNCC(C)CN(C)CCOCCC(C)C. The van der Waals surface area contributed by atoms with E-state index in [4.69, 9.17) is 4.74 Å². The highest BCUT2D eigenvalue weighted by Gasteiger charge is 2.05. The zero-order valence-corrected chi connectivity index (χ0v) is 11.8. The second-order valence-corrected chi connectivity index (χ2v) is 5.22. The third kappa shape index (κ3) is 10.4. The summed E-state index contributed by atoms with van der Waals surface area (Å²) in [4.78, 5) is 2.34. The molecule has 0 spiro atoms. The summed E-state index contributed by atoms with van der Waals surface area (Å²) in [6.07, 6.45) is 1.17. The van der Waals surface area contributed by atoms with Crippen LogP contribution in [-0.2, 0) is 4.74 Å². The van der Waals surface area contributed by atoms with E-state index in [9.17, 15) is 0 Å². The third-order valence-electron chi connectivity index (χ3n) is 2.63. The fraction of sp³-hybridized carbons (Fsp3) is 1.00. The molecule has 98 valence electrons. The Morgan fingerprint density at radius 1 is 1.19 bits per heavy atom. The van der Waals surface area contributed by atoms with Gasteiger partial charge in [-0.25, -0.2) is 0 Å². The van der Waals surface area contributed by atoms with E-state index in [1.54, 1.807) is 0 Å². The van der Waals surface area contributed by atoms with Gasteiger partial charge in [-0.2, -0.15) is 0 Å². The van der Waals surface area contributed by atoms with Crippen LogP contribution in [0.15, 0.2) is 0 Å². The molecule has 0 amide bonds. The van der Waals surface area contributed by atoms with Crippen LogP contribution in [0.4, 0.5) is 0 Å². The highest BCUT2D eigenvalue weighted by molar-refractivity contribution is 4.60. The van der Waals surface area contributed by atoms with E-state index in [0.29, 0.717) is 5.92 Å². The van der Waals surface area contributed by atoms with Crippen molar-refractivity contribution in [3.63, 3.8) is 0 Å². The van der Waals surface area contributed by atoms with E-state index in [1.165, 1.54) is 6.42 Å². The molecule has 1 N–H and O–H groups in total. The maximum Gasteiger partial charge on any atom is 0.0593 e. The quantitative estimate of drug-likeness (QED) is 0.580. The van der Waals surface area contributed by atoms with Gasteiger partial charge in [-0.15, -0.1) is 0 Å². The lowest BCUT2D eigenvalue weighted by Gasteiger charge is -2.21. The van der Waals surface area contributed by atoms with Crippen LogP contribution in [0.25, 0.3) is 0 Å². The van der Waals surface area contributed by atoms with Crippen LogP contribution in [0.3, 0.4) is 0 Å². The van der Waals surface area contributed by atoms with Gasteiger partial charge >= 0.3 is 0 Å². The van der Waals surface area contributed by atoms with Crippen molar-refractivity contribution in [3.05, 3.63) is 0 Å². The molecule has 0 rings (SSSR count). The first-order valence-electron chi connectivity index (χ1n) is 6.47. The summed E-state index contributed by atoms with van der Waals surface area (Å²) < 4.78 is 5.60. The highest BCUT2D eigenvalue weighted by atomic mass is 16.5. The van der Waals surface area contributed by atoms with Gasteiger partial charge < -0.3 is 15.0 Å². The van der Waals surface area contributed by atoms with Crippen LogP contribution in [0, 0.1) is 11.8 Å². The minimum absolute atomic E-state index is 0.700. The lowest BCUT2D eigenvalue weighted by Crippen LogP contribution is -2.32. The minimum atomic E-state index is 0.700. The Morgan fingerprint density at radius 3 is 2.44 bits per heavy atom. The van der Waals surface area contributed by atoms with Crippen LogP contribution < -0.4 is 5.32 Å². The van der Waals surface area contributed by atoms with Crippen molar-refractivity contribution in [2.45, 2.75) is 27.2 Å². The fourth-order valence-corrected chi connectivity index (χ4v) is 1.68. The molecule has 0 fully saturated rings. The zero-order chi connectivity index (χ0) is 12.4. The maximum absolute atomic E-state index is 5.60. The Hall–Kier alpha value is -0.120. The summed E-state index contributed by atoms with van der Waals surface area (Å²) >= 11 is 0. The first-order valence-corrected chi connectivity index (χ1v) is 6.47. The number of hydrogen-bond acceptors (Lipinski definition) is 3. The van der Waals surface area contributed by atoms with Crippen LogP contribution in [0.2, 0.25) is 0 Å². The zero-order valence-electron chi connectivity index (χ0n) is 11.8. The summed E-state index contributed by atoms with van der Waals surface area (Å²) in [5.41, 5.74) is 0. The average Bonchev–Trinajstić information content (AvgIpc) is 2.16. The van der Waals surface area contributed by atoms with Crippen molar-refractivity contribution in [2.24, 2.45) is 11.8 Å². The topological polar surface area (TPSA) is 24.5 Å². The van der Waals surface area contributed by atoms with Crippen LogP contribution >= 0.6 is 0 Å². The van der Waals surface area contributed by atoms with E-state index in [-0.39, 0.29) is 0 Å². The molecule has 0 bridgehead atoms. The molecule has 3 nitrogen and oxygen atoms in total. The normalized spacial score (nSPS) is 13.7. The number of rotatable bonds is 10. The molecule has 1 atom stereocenters. The van der Waals surface area contributed by atoms with Crippen LogP contribution in [0.1, 0.15) is 27.2 Å². The summed E-state index contributed by atoms with van der Waals surface area (Å²) in [6.45, 7) is 11.7. The Balaban J connectivity index is 3.33. The summed E-state index contributed by atoms with van der Waals surface area (Å²) in [5.74, 6) is 1.44. The van der Waals surface area contributed by atoms with Gasteiger partial charge in [0, 0.05) is 19.7 Å². The Labute approximate surface area is 102 Å². The lowest BCUT2D eigenvalue weighted by molar-refractivity contribution is 0.0996. The van der Waals surface area contributed by atoms with Crippen molar-refractivity contribution in [1.82, 2.24) is 10.2 Å². The van der Waals surface area contributed by atoms with Gasteiger partial charge in [0.2, 0.25) is 0 Å². The van der Waals surface area contributed by atoms with Gasteiger partial charge in [-0.3, -0.25) is 0 Å². The molecule has 1 unspecified atom stereocenters. The van der Waals surface area contributed by atoms with Gasteiger partial charge in [0.15, 0.2) is 0 Å². The number of nitrogens with one attached hydrogen (secondary N) is 1. The Bertz CT molecular complexity index is 151. The monoisotopic (exact) mass is 230 g/mol. The number of nitrogens with zero attached hydrogens (tertiary/aromatic N) is 1. The molecule has 0 saturated carbocycles. The van der Waals surface area contributed by atoms with Crippen molar-refractivity contribution in [2.75, 3.05) is 46.9 Å². The third-order valence-corrected chi connectivity index (χ3v) is 2.63. The summed E-state index contributed by atoms with van der Waals surface area (Å²) in [5, 5.41) is 3.20. The summed E-state index contributed by atoms with van der Waals surface area (Å²) in [6, 6.07) is 0. The second-order valence-electron chi connectivity index (χ2n) is 5.22. The van der Waals surface area contributed by atoms with Crippen molar-refractivity contribution >= 4 is 0 Å². The van der Waals surface area contributed by atoms with Gasteiger partial charge in [0.05, 0.1) is 6.61 Å². The predicted octanol–water partition coefficient (Wildman–Crippen LogP) is 1.84. The van der Waals surface area contributed by atoms with E-state index in [0.717, 1.165) is 38.8 Å². The molecule has 0 saturated heterocycles. The van der Waals surface area contributed by atoms with E-state index < -0.39 is 0 Å². The molecule has 3 heteroatoms. The highest BCUT2D eigenvalue weighted by Crippen LogP contribution is 1.99. The second kappa shape index (κ2) is 10.1. The smallest absolute Gasteiger partial charge is 0.0593 e. The number of hydrogen-bond donors (Lipinski definition) is 1. The van der Waals surface area contributed by atoms with Gasteiger partial charge in [0.25, 0.3) is 0 Å². The molecule has 0 heterocycles. The Morgan fingerprint density at radius 2 is 1.88 bits per heavy atom. The number of likely N-dealkylation sites (N-methyl/N-ethyl adjacent to an activating group) is 1. The van der Waals surface area contributed by atoms with Crippen LogP contribution in [-0.4, -0.2) is 51.8 Å². The van der Waals surface area contributed by atoms with Gasteiger partial charge in [-0.1, -0.05) is 20.8 Å². The van der Waals surface area contributed by atoms with Gasteiger partial charge in [-0.05, 0) is 38.9 Å². The molecule has 0 aliphatic carbocycles. The molecule has 0 aromatic rings. The molecule has 0 radical (unpaired) electrons. The molecular weight excluding hydrogens is 200 g/mol. The average molecular weight is 230 g/mol. The molecular formula is C13H30N2O. The van der Waals surface area contributed by atoms with E-state index in [2.05, 4.69) is 38.0 Å². The lowest BCUT2D eigenvalue weighted by atomic mass is 10.1. The number of ether oxygens (including phenoxy) is 1. The first kappa shape index (κ1) is 15.9. The molecule has 0 aromatic heterocycles. The summed E-state index contributed by atoms with van der Waals surface area (Å²) in [7, 11) is 4.17. The van der Waals surface area contributed by atoms with Crippen molar-refractivity contribution < 1.29 is 4.74 Å². The molecule has 16 heavy (non-hydrogen) atoms. The largest absolute Gasteiger partial charge is 0.380 e.